The fourth-order valence-electron chi connectivity index (χ4n) is 2.94. The van der Waals surface area contributed by atoms with Crippen molar-refractivity contribution in [3.8, 4) is 11.4 Å². The van der Waals surface area contributed by atoms with E-state index in [1.54, 1.807) is 25.4 Å². The number of hydrogen-bond donors (Lipinski definition) is 0. The van der Waals surface area contributed by atoms with Gasteiger partial charge in [0.25, 0.3) is 0 Å². The molecule has 150 valence electrons. The summed E-state index contributed by atoms with van der Waals surface area (Å²) in [6, 6.07) is 3.59. The van der Waals surface area contributed by atoms with Crippen molar-refractivity contribution in [2.24, 2.45) is 0 Å². The van der Waals surface area contributed by atoms with Crippen molar-refractivity contribution >= 4 is 17.2 Å². The van der Waals surface area contributed by atoms with Crippen LogP contribution in [0.2, 0.25) is 0 Å². The van der Waals surface area contributed by atoms with Crippen LogP contribution in [-0.2, 0) is 11.3 Å². The van der Waals surface area contributed by atoms with Gasteiger partial charge in [0.15, 0.2) is 11.3 Å². The minimum Gasteiger partial charge on any atom is -0.461 e. The third-order valence-corrected chi connectivity index (χ3v) is 4.30. The summed E-state index contributed by atoms with van der Waals surface area (Å²) in [5.41, 5.74) is 3.50. The highest BCUT2D eigenvalue weighted by atomic mass is 19.1. The van der Waals surface area contributed by atoms with Crippen molar-refractivity contribution in [1.82, 2.24) is 24.1 Å². The molecule has 0 radical (unpaired) electrons. The van der Waals surface area contributed by atoms with Gasteiger partial charge in [0.1, 0.15) is 11.5 Å². The Morgan fingerprint density at radius 2 is 2.07 bits per heavy atom. The second kappa shape index (κ2) is 8.64. The molecule has 0 aliphatic carbocycles. The number of aromatic nitrogens is 5. The predicted molar refractivity (Wildman–Crippen MR) is 109 cm³/mol. The van der Waals surface area contributed by atoms with E-state index in [0.717, 1.165) is 11.3 Å². The van der Waals surface area contributed by atoms with Crippen LogP contribution in [0.4, 0.5) is 4.39 Å². The quantitative estimate of drug-likeness (QED) is 0.442. The van der Waals surface area contributed by atoms with Gasteiger partial charge in [-0.15, -0.1) is 0 Å². The largest absolute Gasteiger partial charge is 0.461 e. The highest BCUT2D eigenvalue weighted by Gasteiger charge is 2.19. The molecule has 0 aromatic carbocycles. The molecule has 29 heavy (non-hydrogen) atoms. The normalized spacial score (nSPS) is 12.1. The van der Waals surface area contributed by atoms with Gasteiger partial charge in [-0.2, -0.15) is 5.10 Å². The van der Waals surface area contributed by atoms with E-state index in [1.165, 1.54) is 16.8 Å². The van der Waals surface area contributed by atoms with Crippen LogP contribution in [-0.4, -0.2) is 36.7 Å². The molecule has 0 amide bonds. The van der Waals surface area contributed by atoms with Crippen molar-refractivity contribution in [3.63, 3.8) is 0 Å². The first-order chi connectivity index (χ1) is 14.0. The number of carbonyl (C=O) groups is 1. The molecule has 7 nitrogen and oxygen atoms in total. The zero-order valence-corrected chi connectivity index (χ0v) is 16.6. The molecule has 0 aliphatic rings. The molecule has 0 unspecified atom stereocenters. The van der Waals surface area contributed by atoms with Crippen LogP contribution in [0.1, 0.15) is 37.0 Å². The summed E-state index contributed by atoms with van der Waals surface area (Å²) in [7, 11) is 0. The molecule has 8 heteroatoms. The molecule has 0 atom stereocenters. The van der Waals surface area contributed by atoms with E-state index in [2.05, 4.69) is 21.6 Å². The predicted octanol–water partition coefficient (Wildman–Crippen LogP) is 4.23. The van der Waals surface area contributed by atoms with Gasteiger partial charge in [0, 0.05) is 6.54 Å². The van der Waals surface area contributed by atoms with Gasteiger partial charge in [-0.3, -0.25) is 0 Å². The van der Waals surface area contributed by atoms with Crippen LogP contribution in [0, 0.1) is 0 Å². The van der Waals surface area contributed by atoms with Gasteiger partial charge in [-0.1, -0.05) is 18.7 Å². The van der Waals surface area contributed by atoms with Gasteiger partial charge >= 0.3 is 5.97 Å². The SMILES string of the molecule is C=C(F)/C=C\C(=C/C)c1ncn(CC)c1-c1ccc2ncc(C(=O)OCC)n2n1. The summed E-state index contributed by atoms with van der Waals surface area (Å²) in [5, 5.41) is 4.61. The fraction of sp³-hybridized carbons (Fsp3) is 0.238. The molecule has 3 aromatic rings. The van der Waals surface area contributed by atoms with E-state index >= 15 is 0 Å². The summed E-state index contributed by atoms with van der Waals surface area (Å²) in [4.78, 5) is 20.9. The number of hydrogen-bond acceptors (Lipinski definition) is 5. The lowest BCUT2D eigenvalue weighted by Gasteiger charge is -2.09. The van der Waals surface area contributed by atoms with E-state index in [1.807, 2.05) is 30.6 Å². The smallest absolute Gasteiger partial charge is 0.358 e. The lowest BCUT2D eigenvalue weighted by atomic mass is 10.1. The number of halogens is 1. The first-order valence-corrected chi connectivity index (χ1v) is 9.26. The summed E-state index contributed by atoms with van der Waals surface area (Å²) in [6.45, 7) is 9.75. The van der Waals surface area contributed by atoms with Gasteiger partial charge in [-0.05, 0) is 44.6 Å². The standard InChI is InChI=1S/C21H22FN5O2/c1-5-15(9-8-14(4)22)19-20(26(6-2)13-24-19)16-10-11-18-23-12-17(27(18)25-16)21(28)29-7-3/h5,8-13H,4,6-7H2,1-3H3/b9-8-,15-5+. The van der Waals surface area contributed by atoms with Crippen LogP contribution in [0.15, 0.2) is 55.3 Å². The number of nitrogens with zero attached hydrogens (tertiary/aromatic N) is 5. The molecule has 0 N–H and O–H groups in total. The molecule has 0 fully saturated rings. The molecule has 3 heterocycles. The first kappa shape index (κ1) is 20.2. The van der Waals surface area contributed by atoms with Crippen LogP contribution in [0.25, 0.3) is 22.6 Å². The van der Waals surface area contributed by atoms with Crippen molar-refractivity contribution < 1.29 is 13.9 Å². The van der Waals surface area contributed by atoms with E-state index < -0.39 is 11.8 Å². The minimum atomic E-state index is -0.544. The molecule has 0 saturated carbocycles. The lowest BCUT2D eigenvalue weighted by molar-refractivity contribution is 0.0517. The molecule has 0 saturated heterocycles. The minimum absolute atomic E-state index is 0.243. The fourth-order valence-corrected chi connectivity index (χ4v) is 2.94. The average Bonchev–Trinajstić information content (AvgIpc) is 3.32. The monoisotopic (exact) mass is 395 g/mol. The summed E-state index contributed by atoms with van der Waals surface area (Å²) >= 11 is 0. The Morgan fingerprint density at radius 1 is 1.28 bits per heavy atom. The summed E-state index contributed by atoms with van der Waals surface area (Å²) in [5.74, 6) is -1.04. The van der Waals surface area contributed by atoms with E-state index in [4.69, 9.17) is 4.74 Å². The molecular formula is C21H22FN5O2. The van der Waals surface area contributed by atoms with E-state index in [9.17, 15) is 9.18 Å². The third-order valence-electron chi connectivity index (χ3n) is 4.30. The van der Waals surface area contributed by atoms with Crippen LogP contribution >= 0.6 is 0 Å². The Labute approximate surface area is 167 Å². The number of ether oxygens (including phenoxy) is 1. The second-order valence-corrected chi connectivity index (χ2v) is 6.10. The van der Waals surface area contributed by atoms with E-state index in [-0.39, 0.29) is 12.3 Å². The van der Waals surface area contributed by atoms with Crippen LogP contribution < -0.4 is 0 Å². The number of imidazole rings is 2. The first-order valence-electron chi connectivity index (χ1n) is 9.26. The van der Waals surface area contributed by atoms with Gasteiger partial charge in [0.2, 0.25) is 0 Å². The number of carbonyl (C=O) groups excluding carboxylic acids is 1. The number of allylic oxidation sites excluding steroid dienone is 5. The lowest BCUT2D eigenvalue weighted by Crippen LogP contribution is -2.10. The second-order valence-electron chi connectivity index (χ2n) is 6.10. The number of aryl methyl sites for hydroxylation is 1. The Balaban J connectivity index is 2.16. The molecule has 3 aromatic heterocycles. The maximum absolute atomic E-state index is 13.1. The number of esters is 1. The average molecular weight is 395 g/mol. The highest BCUT2D eigenvalue weighted by Crippen LogP contribution is 2.28. The maximum atomic E-state index is 13.1. The Hall–Kier alpha value is -3.55. The zero-order valence-electron chi connectivity index (χ0n) is 16.6. The van der Waals surface area contributed by atoms with Crippen LogP contribution in [0.5, 0.6) is 0 Å². The van der Waals surface area contributed by atoms with Crippen molar-refractivity contribution in [1.29, 1.82) is 0 Å². The van der Waals surface area contributed by atoms with Crippen molar-refractivity contribution in [2.45, 2.75) is 27.3 Å². The zero-order chi connectivity index (χ0) is 21.0. The van der Waals surface area contributed by atoms with Crippen molar-refractivity contribution in [2.75, 3.05) is 6.61 Å². The topological polar surface area (TPSA) is 74.3 Å². The number of fused-ring (bicyclic) bond motifs is 1. The van der Waals surface area contributed by atoms with E-state index in [0.29, 0.717) is 23.6 Å². The molecule has 0 spiro atoms. The van der Waals surface area contributed by atoms with Gasteiger partial charge in [0.05, 0.1) is 30.5 Å². The van der Waals surface area contributed by atoms with Crippen LogP contribution in [0.3, 0.4) is 0 Å². The highest BCUT2D eigenvalue weighted by molar-refractivity contribution is 5.88. The van der Waals surface area contributed by atoms with Crippen molar-refractivity contribution in [3.05, 3.63) is 66.7 Å². The summed E-state index contributed by atoms with van der Waals surface area (Å²) < 4.78 is 21.6. The molecular weight excluding hydrogens is 373 g/mol. The maximum Gasteiger partial charge on any atom is 0.358 e. The Bertz CT molecular complexity index is 1120. The Kier molecular flexibility index (Phi) is 6.01. The molecule has 3 rings (SSSR count). The Morgan fingerprint density at radius 3 is 2.72 bits per heavy atom. The molecule has 0 bridgehead atoms. The number of rotatable bonds is 7. The molecule has 0 aliphatic heterocycles. The van der Waals surface area contributed by atoms with Gasteiger partial charge < -0.3 is 9.30 Å². The summed E-state index contributed by atoms with van der Waals surface area (Å²) in [6.07, 6.45) is 7.89. The third kappa shape index (κ3) is 4.01. The van der Waals surface area contributed by atoms with Gasteiger partial charge in [-0.25, -0.2) is 23.7 Å².